The summed E-state index contributed by atoms with van der Waals surface area (Å²) in [5.74, 6) is 0. The molecule has 3 heteroatoms. The van der Waals surface area contributed by atoms with Gasteiger partial charge in [-0.2, -0.15) is 0 Å². The van der Waals surface area contributed by atoms with Crippen molar-refractivity contribution < 1.29 is 9.47 Å². The van der Waals surface area contributed by atoms with Gasteiger partial charge in [0.25, 0.3) is 0 Å². The van der Waals surface area contributed by atoms with Gasteiger partial charge in [-0.25, -0.2) is 0 Å². The fraction of sp³-hybridized carbons (Fsp3) is 1.00. The van der Waals surface area contributed by atoms with E-state index in [1.165, 1.54) is 38.5 Å². The largest absolute Gasteiger partial charge is 0.381 e. The van der Waals surface area contributed by atoms with E-state index in [4.69, 9.17) is 9.47 Å². The van der Waals surface area contributed by atoms with Crippen molar-refractivity contribution in [2.75, 3.05) is 24.2 Å². The Hall–Kier alpha value is 0.650. The average Bonchev–Trinajstić information content (AvgIpc) is 2.39. The third kappa shape index (κ3) is 6.39. The summed E-state index contributed by atoms with van der Waals surface area (Å²) >= 11 is 2.46. The Morgan fingerprint density at radius 3 is 2.35 bits per heavy atom. The summed E-state index contributed by atoms with van der Waals surface area (Å²) in [5.41, 5.74) is 0.127. The molecule has 0 radical (unpaired) electrons. The first-order valence-corrected chi connectivity index (χ1v) is 8.63. The van der Waals surface area contributed by atoms with E-state index in [0.717, 1.165) is 37.1 Å². The van der Waals surface area contributed by atoms with E-state index < -0.39 is 0 Å². The van der Waals surface area contributed by atoms with Gasteiger partial charge in [0, 0.05) is 37.1 Å². The maximum Gasteiger partial charge on any atom is 0.0815 e. The average molecular weight is 354 g/mol. The van der Waals surface area contributed by atoms with Gasteiger partial charge in [-0.05, 0) is 6.42 Å². The standard InChI is InChI=1S/C14H27IO2/c1-2-3-4-5-6-7-10-17-14(13-15)8-11-16-12-9-14/h2-13H2,1H3. The number of rotatable bonds is 9. The number of hydrogen-bond donors (Lipinski definition) is 0. The highest BCUT2D eigenvalue weighted by Gasteiger charge is 2.32. The van der Waals surface area contributed by atoms with Gasteiger partial charge in [0.15, 0.2) is 0 Å². The molecular weight excluding hydrogens is 327 g/mol. The predicted molar refractivity (Wildman–Crippen MR) is 81.0 cm³/mol. The molecule has 17 heavy (non-hydrogen) atoms. The minimum atomic E-state index is 0.127. The van der Waals surface area contributed by atoms with E-state index in [1.807, 2.05) is 0 Å². The maximum absolute atomic E-state index is 6.14. The summed E-state index contributed by atoms with van der Waals surface area (Å²) in [6.07, 6.45) is 10.2. The van der Waals surface area contributed by atoms with Crippen LogP contribution in [-0.4, -0.2) is 29.8 Å². The van der Waals surface area contributed by atoms with Crippen molar-refractivity contribution in [1.29, 1.82) is 0 Å². The van der Waals surface area contributed by atoms with Crippen LogP contribution in [0, 0.1) is 0 Å². The van der Waals surface area contributed by atoms with E-state index in [1.54, 1.807) is 0 Å². The van der Waals surface area contributed by atoms with Gasteiger partial charge in [-0.1, -0.05) is 61.6 Å². The lowest BCUT2D eigenvalue weighted by atomic mass is 9.96. The molecule has 1 saturated heterocycles. The van der Waals surface area contributed by atoms with Crippen LogP contribution in [-0.2, 0) is 9.47 Å². The van der Waals surface area contributed by atoms with Crippen molar-refractivity contribution in [2.24, 2.45) is 0 Å². The highest BCUT2D eigenvalue weighted by molar-refractivity contribution is 14.1. The van der Waals surface area contributed by atoms with Crippen LogP contribution in [0.2, 0.25) is 0 Å². The molecule has 0 aromatic heterocycles. The van der Waals surface area contributed by atoms with Crippen LogP contribution in [0.25, 0.3) is 0 Å². The normalized spacial score (nSPS) is 19.4. The van der Waals surface area contributed by atoms with E-state index in [2.05, 4.69) is 29.5 Å². The molecule has 1 fully saturated rings. The molecule has 0 unspecified atom stereocenters. The highest BCUT2D eigenvalue weighted by atomic mass is 127. The SMILES string of the molecule is CCCCCCCCOC1(CI)CCOCC1. The Kier molecular flexibility index (Phi) is 8.84. The van der Waals surface area contributed by atoms with E-state index in [0.29, 0.717) is 0 Å². The molecule has 0 bridgehead atoms. The number of unbranched alkanes of at least 4 members (excludes halogenated alkanes) is 5. The summed E-state index contributed by atoms with van der Waals surface area (Å²) in [4.78, 5) is 0. The van der Waals surface area contributed by atoms with E-state index >= 15 is 0 Å². The van der Waals surface area contributed by atoms with Crippen molar-refractivity contribution in [3.63, 3.8) is 0 Å². The lowest BCUT2D eigenvalue weighted by molar-refractivity contribution is -0.0949. The van der Waals surface area contributed by atoms with Crippen molar-refractivity contribution >= 4 is 22.6 Å². The molecule has 0 saturated carbocycles. The third-order valence-electron chi connectivity index (χ3n) is 3.55. The topological polar surface area (TPSA) is 18.5 Å². The van der Waals surface area contributed by atoms with Crippen LogP contribution in [0.3, 0.4) is 0 Å². The van der Waals surface area contributed by atoms with Crippen LogP contribution >= 0.6 is 22.6 Å². The fourth-order valence-electron chi connectivity index (χ4n) is 2.23. The zero-order valence-electron chi connectivity index (χ0n) is 11.2. The van der Waals surface area contributed by atoms with Gasteiger partial charge in [0.05, 0.1) is 5.60 Å². The van der Waals surface area contributed by atoms with Crippen molar-refractivity contribution in [1.82, 2.24) is 0 Å². The second kappa shape index (κ2) is 9.56. The molecule has 0 spiro atoms. The van der Waals surface area contributed by atoms with Crippen LogP contribution in [0.5, 0.6) is 0 Å². The lowest BCUT2D eigenvalue weighted by Gasteiger charge is -2.35. The smallest absolute Gasteiger partial charge is 0.0815 e. The van der Waals surface area contributed by atoms with Gasteiger partial charge >= 0.3 is 0 Å². The predicted octanol–water partition coefficient (Wildman–Crippen LogP) is 4.35. The zero-order valence-corrected chi connectivity index (χ0v) is 13.3. The van der Waals surface area contributed by atoms with E-state index in [-0.39, 0.29) is 5.60 Å². The Balaban J connectivity index is 2.03. The molecule has 102 valence electrons. The zero-order chi connectivity index (χ0) is 12.4. The number of hydrogen-bond acceptors (Lipinski definition) is 2. The van der Waals surface area contributed by atoms with Crippen LogP contribution in [0.1, 0.15) is 58.3 Å². The quantitative estimate of drug-likeness (QED) is 0.348. The molecule has 0 atom stereocenters. The highest BCUT2D eigenvalue weighted by Crippen LogP contribution is 2.27. The molecule has 0 aromatic rings. The molecule has 2 nitrogen and oxygen atoms in total. The minimum absolute atomic E-state index is 0.127. The molecule has 1 rings (SSSR count). The van der Waals surface area contributed by atoms with Crippen LogP contribution < -0.4 is 0 Å². The van der Waals surface area contributed by atoms with Crippen LogP contribution in [0.15, 0.2) is 0 Å². The van der Waals surface area contributed by atoms with Crippen molar-refractivity contribution in [2.45, 2.75) is 63.9 Å². The molecule has 0 amide bonds. The minimum Gasteiger partial charge on any atom is -0.381 e. The number of ether oxygens (including phenoxy) is 2. The second-order valence-corrected chi connectivity index (χ2v) is 5.81. The van der Waals surface area contributed by atoms with E-state index in [9.17, 15) is 0 Å². The molecule has 1 heterocycles. The summed E-state index contributed by atoms with van der Waals surface area (Å²) in [5, 5.41) is 0. The molecule has 0 aliphatic carbocycles. The molecule has 1 aliphatic heterocycles. The summed E-state index contributed by atoms with van der Waals surface area (Å²) in [6.45, 7) is 4.95. The monoisotopic (exact) mass is 354 g/mol. The van der Waals surface area contributed by atoms with Gasteiger partial charge in [-0.15, -0.1) is 0 Å². The second-order valence-electron chi connectivity index (χ2n) is 5.05. The van der Waals surface area contributed by atoms with Gasteiger partial charge in [-0.3, -0.25) is 0 Å². The molecule has 0 aromatic carbocycles. The Morgan fingerprint density at radius 2 is 1.71 bits per heavy atom. The maximum atomic E-state index is 6.14. The molecular formula is C14H27IO2. The van der Waals surface area contributed by atoms with Crippen LogP contribution in [0.4, 0.5) is 0 Å². The Bertz CT molecular complexity index is 179. The van der Waals surface area contributed by atoms with Gasteiger partial charge < -0.3 is 9.47 Å². The Morgan fingerprint density at radius 1 is 1.06 bits per heavy atom. The first kappa shape index (κ1) is 15.7. The first-order chi connectivity index (χ1) is 8.33. The lowest BCUT2D eigenvalue weighted by Crippen LogP contribution is -2.41. The molecule has 0 N–H and O–H groups in total. The molecule has 1 aliphatic rings. The summed E-state index contributed by atoms with van der Waals surface area (Å²) in [7, 11) is 0. The summed E-state index contributed by atoms with van der Waals surface area (Å²) in [6, 6.07) is 0. The third-order valence-corrected chi connectivity index (χ3v) is 4.94. The Labute approximate surface area is 120 Å². The summed E-state index contributed by atoms with van der Waals surface area (Å²) < 4.78 is 12.7. The van der Waals surface area contributed by atoms with Gasteiger partial charge in [0.1, 0.15) is 0 Å². The first-order valence-electron chi connectivity index (χ1n) is 7.11. The van der Waals surface area contributed by atoms with Gasteiger partial charge in [0.2, 0.25) is 0 Å². The number of halogens is 1. The fourth-order valence-corrected chi connectivity index (χ4v) is 3.21. The van der Waals surface area contributed by atoms with Crippen molar-refractivity contribution in [3.05, 3.63) is 0 Å². The number of alkyl halides is 1. The van der Waals surface area contributed by atoms with Crippen molar-refractivity contribution in [3.8, 4) is 0 Å².